The van der Waals surface area contributed by atoms with E-state index in [0.29, 0.717) is 11.3 Å². The number of carbonyl (C=O) groups excluding carboxylic acids is 1. The van der Waals surface area contributed by atoms with Crippen molar-refractivity contribution in [2.45, 2.75) is 111 Å². The molecule has 0 saturated heterocycles. The smallest absolute Gasteiger partial charge is 0.217 e. The predicted molar refractivity (Wildman–Crippen MR) is 145 cm³/mol. The average molecular weight is 535 g/mol. The van der Waals surface area contributed by atoms with Gasteiger partial charge in [0.15, 0.2) is 5.78 Å². The third-order valence-electron chi connectivity index (χ3n) is 6.55. The second kappa shape index (κ2) is 11.7. The Balaban J connectivity index is 2.34. The number of phenols is 1. The molecule has 0 aliphatic carbocycles. The van der Waals surface area contributed by atoms with Gasteiger partial charge in [-0.05, 0) is 35.3 Å². The molecule has 34 heavy (non-hydrogen) atoms. The van der Waals surface area contributed by atoms with Crippen LogP contribution in [0.5, 0.6) is 5.75 Å². The van der Waals surface area contributed by atoms with E-state index in [2.05, 4.69) is 80.1 Å². The minimum absolute atomic E-state index is 0.00555. The number of nitrogens with zero attached hydrogens (tertiary/aromatic N) is 3. The Morgan fingerprint density at radius 3 is 1.88 bits per heavy atom. The molecule has 0 fully saturated rings. The summed E-state index contributed by atoms with van der Waals surface area (Å²) >= 11 is 3.28. The molecule has 190 valence electrons. The van der Waals surface area contributed by atoms with Crippen LogP contribution in [0.4, 0.5) is 0 Å². The van der Waals surface area contributed by atoms with E-state index in [1.807, 2.05) is 29.1 Å². The molecule has 0 saturated carbocycles. The Kier molecular flexibility index (Phi) is 9.81. The molecule has 2 aromatic rings. The van der Waals surface area contributed by atoms with E-state index in [0.717, 1.165) is 35.6 Å². The third-order valence-corrected chi connectivity index (χ3v) is 6.87. The lowest BCUT2D eigenvalue weighted by atomic mass is 9.78. The number of benzene rings is 1. The van der Waals surface area contributed by atoms with Crippen LogP contribution in [0.1, 0.15) is 109 Å². The first-order chi connectivity index (χ1) is 15.8. The van der Waals surface area contributed by atoms with E-state index in [9.17, 15) is 9.90 Å². The van der Waals surface area contributed by atoms with Gasteiger partial charge in [-0.15, -0.1) is 0 Å². The molecule has 0 amide bonds. The lowest BCUT2D eigenvalue weighted by Gasteiger charge is -2.28. The standard InChI is InChI=1S/C28H44BrN3O2/c1-9-11-20(12-10-2)13-14-31-15-16-32(26(31)30-29)19-24(33)21-17-22(27(3,4)5)25(34)23(18-21)28(6,7)8/h15-18,20,34H,9-14,19H2,1-8H3. The molecule has 1 N–H and O–H groups in total. The Hall–Kier alpha value is -1.82. The number of rotatable bonds is 10. The van der Waals surface area contributed by atoms with E-state index in [-0.39, 0.29) is 23.2 Å². The maximum absolute atomic E-state index is 13.4. The summed E-state index contributed by atoms with van der Waals surface area (Å²) in [6, 6.07) is 3.71. The van der Waals surface area contributed by atoms with Crippen LogP contribution >= 0.6 is 16.1 Å². The Labute approximate surface area is 214 Å². The first-order valence-corrected chi connectivity index (χ1v) is 13.4. The van der Waals surface area contributed by atoms with E-state index in [4.69, 9.17) is 0 Å². The number of aromatic hydroxyl groups is 1. The summed E-state index contributed by atoms with van der Waals surface area (Å²) in [5, 5.41) is 11.0. The van der Waals surface area contributed by atoms with Crippen LogP contribution in [0.2, 0.25) is 0 Å². The van der Waals surface area contributed by atoms with Gasteiger partial charge in [-0.25, -0.2) is 0 Å². The quantitative estimate of drug-likeness (QED) is 0.326. The highest BCUT2D eigenvalue weighted by atomic mass is 79.9. The van der Waals surface area contributed by atoms with Crippen molar-refractivity contribution < 1.29 is 9.90 Å². The number of imidazole rings is 1. The molecule has 0 bridgehead atoms. The third kappa shape index (κ3) is 7.10. The summed E-state index contributed by atoms with van der Waals surface area (Å²) in [6.45, 7) is 17.9. The first kappa shape index (κ1) is 28.4. The van der Waals surface area contributed by atoms with Gasteiger partial charge in [-0.3, -0.25) is 4.79 Å². The van der Waals surface area contributed by atoms with Gasteiger partial charge >= 0.3 is 0 Å². The van der Waals surface area contributed by atoms with E-state index in [1.54, 1.807) is 0 Å². The van der Waals surface area contributed by atoms with Crippen LogP contribution in [-0.4, -0.2) is 20.0 Å². The van der Waals surface area contributed by atoms with Crippen molar-refractivity contribution in [2.75, 3.05) is 0 Å². The summed E-state index contributed by atoms with van der Waals surface area (Å²) in [7, 11) is 0. The normalized spacial score (nSPS) is 13.2. The number of phenolic OH excluding ortho intramolecular Hbond substituents is 1. The van der Waals surface area contributed by atoms with Gasteiger partial charge in [0.1, 0.15) is 5.75 Å². The zero-order chi connectivity index (χ0) is 25.7. The summed E-state index contributed by atoms with van der Waals surface area (Å²) in [6.07, 6.45) is 9.98. The fraction of sp³-hybridized carbons (Fsp3) is 0.643. The summed E-state index contributed by atoms with van der Waals surface area (Å²) in [5.74, 6) is 1.02. The topological polar surface area (TPSA) is 59.5 Å². The Morgan fingerprint density at radius 1 is 0.941 bits per heavy atom. The maximum atomic E-state index is 13.4. The number of carbonyl (C=O) groups is 1. The van der Waals surface area contributed by atoms with E-state index < -0.39 is 0 Å². The molecule has 0 radical (unpaired) electrons. The van der Waals surface area contributed by atoms with Gasteiger partial charge in [0.2, 0.25) is 5.62 Å². The average Bonchev–Trinajstić information content (AvgIpc) is 3.12. The maximum Gasteiger partial charge on any atom is 0.217 e. The monoisotopic (exact) mass is 533 g/mol. The lowest BCUT2D eigenvalue weighted by Crippen LogP contribution is -2.28. The summed E-state index contributed by atoms with van der Waals surface area (Å²) < 4.78 is 8.34. The van der Waals surface area contributed by atoms with Crippen LogP contribution in [-0.2, 0) is 23.9 Å². The number of hydrogen-bond acceptors (Lipinski definition) is 3. The Bertz CT molecular complexity index is 994. The van der Waals surface area contributed by atoms with Gasteiger partial charge < -0.3 is 14.2 Å². The van der Waals surface area contributed by atoms with Gasteiger partial charge in [-0.1, -0.05) is 81.1 Å². The molecular formula is C28H44BrN3O2. The van der Waals surface area contributed by atoms with Crippen molar-refractivity contribution in [3.05, 3.63) is 46.8 Å². The van der Waals surface area contributed by atoms with Crippen molar-refractivity contribution >= 4 is 21.9 Å². The van der Waals surface area contributed by atoms with Crippen molar-refractivity contribution in [1.82, 2.24) is 9.13 Å². The van der Waals surface area contributed by atoms with Gasteiger partial charge in [0.25, 0.3) is 0 Å². The van der Waals surface area contributed by atoms with E-state index >= 15 is 0 Å². The zero-order valence-corrected chi connectivity index (χ0v) is 24.0. The molecule has 0 aliphatic heterocycles. The van der Waals surface area contributed by atoms with Gasteiger partial charge in [-0.2, -0.15) is 4.02 Å². The SMILES string of the molecule is CCCC(CCC)CCn1ccn(CC(=O)c2cc(C(C)(C)C)c(O)c(C(C)(C)C)c2)c1=NBr. The Morgan fingerprint density at radius 2 is 1.44 bits per heavy atom. The first-order valence-electron chi connectivity index (χ1n) is 12.6. The minimum Gasteiger partial charge on any atom is -0.507 e. The number of aromatic nitrogens is 2. The second-order valence-corrected chi connectivity index (χ2v) is 11.9. The molecule has 5 nitrogen and oxygen atoms in total. The summed E-state index contributed by atoms with van der Waals surface area (Å²) in [4.78, 5) is 13.4. The number of aryl methyl sites for hydroxylation is 1. The molecular weight excluding hydrogens is 490 g/mol. The molecule has 0 unspecified atom stereocenters. The van der Waals surface area contributed by atoms with E-state index in [1.165, 1.54) is 25.7 Å². The molecule has 0 spiro atoms. The molecule has 1 aromatic heterocycles. The fourth-order valence-corrected chi connectivity index (χ4v) is 5.02. The zero-order valence-electron chi connectivity index (χ0n) is 22.4. The number of Topliss-reactive ketones (excluding diaryl/α,β-unsaturated/α-hetero) is 1. The van der Waals surface area contributed by atoms with Crippen LogP contribution in [0.25, 0.3) is 0 Å². The highest BCUT2D eigenvalue weighted by Gasteiger charge is 2.28. The molecule has 2 rings (SSSR count). The van der Waals surface area contributed by atoms with Crippen LogP contribution in [0, 0.1) is 5.92 Å². The number of halogens is 1. The minimum atomic E-state index is -0.277. The van der Waals surface area contributed by atoms with Crippen LogP contribution < -0.4 is 5.62 Å². The molecule has 0 atom stereocenters. The highest BCUT2D eigenvalue weighted by molar-refractivity contribution is 9.08. The van der Waals surface area contributed by atoms with Crippen LogP contribution in [0.3, 0.4) is 0 Å². The lowest BCUT2D eigenvalue weighted by molar-refractivity contribution is 0.0970. The van der Waals surface area contributed by atoms with Crippen molar-refractivity contribution in [3.8, 4) is 5.75 Å². The fourth-order valence-electron chi connectivity index (χ4n) is 4.61. The molecule has 1 heterocycles. The van der Waals surface area contributed by atoms with Crippen molar-refractivity contribution in [3.63, 3.8) is 0 Å². The second-order valence-electron chi connectivity index (χ2n) is 11.6. The van der Waals surface area contributed by atoms with Crippen LogP contribution in [0.15, 0.2) is 28.5 Å². The van der Waals surface area contributed by atoms with Gasteiger partial charge in [0.05, 0.1) is 22.7 Å². The number of ketones is 1. The molecule has 1 aromatic carbocycles. The molecule has 6 heteroatoms. The predicted octanol–water partition coefficient (Wildman–Crippen LogP) is 7.29. The van der Waals surface area contributed by atoms with Gasteiger partial charge in [0, 0.05) is 35.6 Å². The van der Waals surface area contributed by atoms with Crippen molar-refractivity contribution in [1.29, 1.82) is 0 Å². The largest absolute Gasteiger partial charge is 0.507 e. The highest BCUT2D eigenvalue weighted by Crippen LogP contribution is 2.39. The van der Waals surface area contributed by atoms with Crippen molar-refractivity contribution in [2.24, 2.45) is 9.94 Å². The molecule has 0 aliphatic rings. The summed E-state index contributed by atoms with van der Waals surface area (Å²) in [5.41, 5.74) is 2.41. The number of hydrogen-bond donors (Lipinski definition) is 1.